The van der Waals surface area contributed by atoms with Gasteiger partial charge in [-0.05, 0) is 12.1 Å². The summed E-state index contributed by atoms with van der Waals surface area (Å²) in [5.41, 5.74) is 7.14. The molecule has 0 aliphatic rings. The molecular weight excluding hydrogens is 234 g/mol. The second-order valence-corrected chi connectivity index (χ2v) is 3.54. The Bertz CT molecular complexity index is 452. The molecule has 0 saturated carbocycles. The number of nitrogens with zero attached hydrogens (tertiary/aromatic N) is 1. The van der Waals surface area contributed by atoms with Crippen molar-refractivity contribution in [1.29, 1.82) is 0 Å². The number of anilines is 1. The zero-order valence-corrected chi connectivity index (χ0v) is 8.55. The first-order chi connectivity index (χ1) is 6.20. The van der Waals surface area contributed by atoms with Crippen LogP contribution in [0.5, 0.6) is 5.75 Å². The van der Waals surface area contributed by atoms with Crippen LogP contribution >= 0.6 is 15.9 Å². The number of halogens is 1. The topological polar surface area (TPSA) is 63.9 Å². The number of nitrogens with two attached hydrogens (primary N) is 1. The van der Waals surface area contributed by atoms with Crippen molar-refractivity contribution >= 4 is 32.9 Å². The number of hydrogen-bond acceptors (Lipinski definition) is 3. The fourth-order valence-corrected chi connectivity index (χ4v) is 1.66. The van der Waals surface area contributed by atoms with Crippen LogP contribution in [0.1, 0.15) is 0 Å². The number of nitrogens with one attached hydrogen (secondary N) is 1. The van der Waals surface area contributed by atoms with Crippen LogP contribution in [0.4, 0.5) is 5.95 Å². The van der Waals surface area contributed by atoms with Crippen LogP contribution in [0.2, 0.25) is 0 Å². The molecule has 1 aromatic carbocycles. The van der Waals surface area contributed by atoms with Crippen molar-refractivity contribution in [2.75, 3.05) is 12.8 Å². The molecule has 0 aliphatic heterocycles. The summed E-state index contributed by atoms with van der Waals surface area (Å²) in [4.78, 5) is 7.03. The highest BCUT2D eigenvalue weighted by Crippen LogP contribution is 2.28. The SMILES string of the molecule is COc1cc(Br)cc2[nH]c(N)nc12. The molecule has 2 rings (SSSR count). The molecule has 0 unspecified atom stereocenters. The first kappa shape index (κ1) is 8.37. The fraction of sp³-hybridized carbons (Fsp3) is 0.125. The average Bonchev–Trinajstić information content (AvgIpc) is 2.43. The zero-order chi connectivity index (χ0) is 9.42. The number of aromatic amines is 1. The summed E-state index contributed by atoms with van der Waals surface area (Å²) in [5, 5.41) is 0. The summed E-state index contributed by atoms with van der Waals surface area (Å²) in [5.74, 6) is 1.10. The smallest absolute Gasteiger partial charge is 0.198 e. The number of H-pyrrole nitrogens is 1. The Labute approximate surface area is 83.2 Å². The Balaban J connectivity index is 2.80. The number of rotatable bonds is 1. The number of fused-ring (bicyclic) bond motifs is 1. The highest BCUT2D eigenvalue weighted by Gasteiger charge is 2.07. The molecular formula is C8H8BrN3O. The Hall–Kier alpha value is -1.23. The van der Waals surface area contributed by atoms with E-state index in [2.05, 4.69) is 25.9 Å². The van der Waals surface area contributed by atoms with Crippen molar-refractivity contribution in [1.82, 2.24) is 9.97 Å². The van der Waals surface area contributed by atoms with Gasteiger partial charge in [-0.25, -0.2) is 4.98 Å². The standard InChI is InChI=1S/C8H8BrN3O/c1-13-6-3-4(9)2-5-7(6)12-8(10)11-5/h2-3H,1H3,(H3,10,11,12). The minimum Gasteiger partial charge on any atom is -0.494 e. The van der Waals surface area contributed by atoms with Gasteiger partial charge < -0.3 is 15.5 Å². The van der Waals surface area contributed by atoms with E-state index < -0.39 is 0 Å². The van der Waals surface area contributed by atoms with Crippen molar-refractivity contribution in [3.8, 4) is 5.75 Å². The van der Waals surface area contributed by atoms with Crippen molar-refractivity contribution in [3.63, 3.8) is 0 Å². The fourth-order valence-electron chi connectivity index (χ4n) is 1.23. The summed E-state index contributed by atoms with van der Waals surface area (Å²) in [7, 11) is 1.60. The summed E-state index contributed by atoms with van der Waals surface area (Å²) < 4.78 is 6.08. The van der Waals surface area contributed by atoms with E-state index in [4.69, 9.17) is 10.5 Å². The number of aromatic nitrogens is 2. The van der Waals surface area contributed by atoms with Gasteiger partial charge in [-0.1, -0.05) is 15.9 Å². The number of imidazole rings is 1. The summed E-state index contributed by atoms with van der Waals surface area (Å²) in [6.07, 6.45) is 0. The summed E-state index contributed by atoms with van der Waals surface area (Å²) in [6, 6.07) is 3.75. The van der Waals surface area contributed by atoms with Gasteiger partial charge in [0.25, 0.3) is 0 Å². The van der Waals surface area contributed by atoms with E-state index in [1.165, 1.54) is 0 Å². The van der Waals surface area contributed by atoms with E-state index in [1.54, 1.807) is 7.11 Å². The van der Waals surface area contributed by atoms with Gasteiger partial charge in [0.2, 0.25) is 0 Å². The van der Waals surface area contributed by atoms with E-state index in [9.17, 15) is 0 Å². The molecule has 0 radical (unpaired) electrons. The summed E-state index contributed by atoms with van der Waals surface area (Å²) >= 11 is 3.36. The molecule has 0 saturated heterocycles. The molecule has 4 nitrogen and oxygen atoms in total. The molecule has 0 bridgehead atoms. The molecule has 5 heteroatoms. The highest BCUT2D eigenvalue weighted by atomic mass is 79.9. The van der Waals surface area contributed by atoms with Gasteiger partial charge >= 0.3 is 0 Å². The van der Waals surface area contributed by atoms with Crippen LogP contribution in [0, 0.1) is 0 Å². The molecule has 1 aromatic heterocycles. The second kappa shape index (κ2) is 2.92. The lowest BCUT2D eigenvalue weighted by Gasteiger charge is -2.00. The predicted molar refractivity (Wildman–Crippen MR) is 54.8 cm³/mol. The molecule has 0 aliphatic carbocycles. The lowest BCUT2D eigenvalue weighted by Crippen LogP contribution is -1.85. The van der Waals surface area contributed by atoms with Crippen LogP contribution in [-0.4, -0.2) is 17.1 Å². The van der Waals surface area contributed by atoms with Crippen LogP contribution < -0.4 is 10.5 Å². The maximum absolute atomic E-state index is 5.53. The molecule has 68 valence electrons. The van der Waals surface area contributed by atoms with E-state index in [1.807, 2.05) is 12.1 Å². The summed E-state index contributed by atoms with van der Waals surface area (Å²) in [6.45, 7) is 0. The molecule has 1 heterocycles. The molecule has 3 N–H and O–H groups in total. The van der Waals surface area contributed by atoms with E-state index in [-0.39, 0.29) is 0 Å². The number of ether oxygens (including phenoxy) is 1. The van der Waals surface area contributed by atoms with Crippen molar-refractivity contribution in [2.24, 2.45) is 0 Å². The van der Waals surface area contributed by atoms with Crippen LogP contribution in [0.25, 0.3) is 11.0 Å². The highest BCUT2D eigenvalue weighted by molar-refractivity contribution is 9.10. The monoisotopic (exact) mass is 241 g/mol. The third kappa shape index (κ3) is 1.35. The Kier molecular flexibility index (Phi) is 1.88. The molecule has 0 atom stereocenters. The quantitative estimate of drug-likeness (QED) is 0.802. The maximum Gasteiger partial charge on any atom is 0.198 e. The van der Waals surface area contributed by atoms with E-state index in [0.29, 0.717) is 11.7 Å². The van der Waals surface area contributed by atoms with Crippen molar-refractivity contribution in [2.45, 2.75) is 0 Å². The minimum absolute atomic E-state index is 0.395. The van der Waals surface area contributed by atoms with Gasteiger partial charge in [0.15, 0.2) is 5.95 Å². The molecule has 0 amide bonds. The number of nitrogen functional groups attached to an aromatic ring is 1. The predicted octanol–water partition coefficient (Wildman–Crippen LogP) is 1.92. The molecule has 0 fully saturated rings. The van der Waals surface area contributed by atoms with Crippen LogP contribution in [0.15, 0.2) is 16.6 Å². The van der Waals surface area contributed by atoms with Crippen molar-refractivity contribution < 1.29 is 4.74 Å². The maximum atomic E-state index is 5.53. The van der Waals surface area contributed by atoms with Gasteiger partial charge in [-0.15, -0.1) is 0 Å². The van der Waals surface area contributed by atoms with Crippen LogP contribution in [0.3, 0.4) is 0 Å². The van der Waals surface area contributed by atoms with Crippen LogP contribution in [-0.2, 0) is 0 Å². The molecule has 0 spiro atoms. The Morgan fingerprint density at radius 3 is 3.00 bits per heavy atom. The Morgan fingerprint density at radius 1 is 1.54 bits per heavy atom. The van der Waals surface area contributed by atoms with Gasteiger partial charge in [0.05, 0.1) is 12.6 Å². The first-order valence-electron chi connectivity index (χ1n) is 3.69. The van der Waals surface area contributed by atoms with E-state index >= 15 is 0 Å². The normalized spacial score (nSPS) is 10.6. The van der Waals surface area contributed by atoms with Gasteiger partial charge in [-0.2, -0.15) is 0 Å². The lowest BCUT2D eigenvalue weighted by molar-refractivity contribution is 0.419. The first-order valence-corrected chi connectivity index (χ1v) is 4.48. The number of benzene rings is 1. The van der Waals surface area contributed by atoms with Gasteiger partial charge in [-0.3, -0.25) is 0 Å². The molecule has 2 aromatic rings. The van der Waals surface area contributed by atoms with Crippen molar-refractivity contribution in [3.05, 3.63) is 16.6 Å². The minimum atomic E-state index is 0.395. The molecule has 13 heavy (non-hydrogen) atoms. The van der Waals surface area contributed by atoms with E-state index in [0.717, 1.165) is 15.5 Å². The zero-order valence-electron chi connectivity index (χ0n) is 6.97. The largest absolute Gasteiger partial charge is 0.494 e. The average molecular weight is 242 g/mol. The third-order valence-corrected chi connectivity index (χ3v) is 2.21. The number of hydrogen-bond donors (Lipinski definition) is 2. The lowest BCUT2D eigenvalue weighted by atomic mass is 10.3. The van der Waals surface area contributed by atoms with Gasteiger partial charge in [0, 0.05) is 4.47 Å². The van der Waals surface area contributed by atoms with Gasteiger partial charge in [0.1, 0.15) is 11.3 Å². The second-order valence-electron chi connectivity index (χ2n) is 2.63. The Morgan fingerprint density at radius 2 is 2.31 bits per heavy atom. The number of methoxy groups -OCH3 is 1. The third-order valence-electron chi connectivity index (χ3n) is 1.75.